The fourth-order valence-corrected chi connectivity index (χ4v) is 0.662. The van der Waals surface area contributed by atoms with E-state index in [1.807, 2.05) is 0 Å². The number of nitrogens with zero attached hydrogens (tertiary/aromatic N) is 1. The van der Waals surface area contributed by atoms with Gasteiger partial charge in [-0.1, -0.05) is 6.08 Å². The molecule has 0 atom stereocenters. The number of halogens is 1. The van der Waals surface area contributed by atoms with Gasteiger partial charge in [0.25, 0.3) is 0 Å². The van der Waals surface area contributed by atoms with Crippen molar-refractivity contribution in [3.8, 4) is 0 Å². The lowest BCUT2D eigenvalue weighted by Gasteiger charge is -1.97. The zero-order valence-electron chi connectivity index (χ0n) is 7.48. The Morgan fingerprint density at radius 3 is 2.18 bits per heavy atom. The SMILES string of the molecule is C\C=N/C(C)=C(F)\C(C)=C/C. The summed E-state index contributed by atoms with van der Waals surface area (Å²) in [4.78, 5) is 3.83. The number of rotatable bonds is 2. The first kappa shape index (κ1) is 10.1. The van der Waals surface area contributed by atoms with Gasteiger partial charge in [0.1, 0.15) is 5.83 Å². The van der Waals surface area contributed by atoms with E-state index in [9.17, 15) is 4.39 Å². The van der Waals surface area contributed by atoms with Crippen molar-refractivity contribution >= 4 is 6.21 Å². The lowest BCUT2D eigenvalue weighted by molar-refractivity contribution is 0.637. The molecule has 11 heavy (non-hydrogen) atoms. The molecule has 0 aromatic heterocycles. The van der Waals surface area contributed by atoms with Crippen molar-refractivity contribution in [1.82, 2.24) is 0 Å². The highest BCUT2D eigenvalue weighted by atomic mass is 19.1. The van der Waals surface area contributed by atoms with E-state index in [2.05, 4.69) is 4.99 Å². The van der Waals surface area contributed by atoms with E-state index < -0.39 is 0 Å². The maximum absolute atomic E-state index is 13.1. The lowest BCUT2D eigenvalue weighted by Crippen LogP contribution is -1.81. The highest BCUT2D eigenvalue weighted by Crippen LogP contribution is 2.15. The van der Waals surface area contributed by atoms with Crippen LogP contribution in [0.25, 0.3) is 0 Å². The summed E-state index contributed by atoms with van der Waals surface area (Å²) in [5.74, 6) is -0.231. The average molecular weight is 155 g/mol. The molecule has 0 spiro atoms. The van der Waals surface area contributed by atoms with Crippen LogP contribution in [-0.2, 0) is 0 Å². The fourth-order valence-electron chi connectivity index (χ4n) is 0.662. The monoisotopic (exact) mass is 155 g/mol. The quantitative estimate of drug-likeness (QED) is 0.429. The van der Waals surface area contributed by atoms with Crippen molar-refractivity contribution in [2.45, 2.75) is 27.7 Å². The van der Waals surface area contributed by atoms with Gasteiger partial charge in [-0.05, 0) is 33.3 Å². The van der Waals surface area contributed by atoms with Gasteiger partial charge in [0, 0.05) is 6.21 Å². The Hall–Kier alpha value is -0.920. The molecule has 62 valence electrons. The molecule has 0 aliphatic carbocycles. The van der Waals surface area contributed by atoms with E-state index in [1.54, 1.807) is 40.0 Å². The first-order valence-electron chi connectivity index (χ1n) is 3.61. The molecular formula is C9H14FN. The van der Waals surface area contributed by atoms with E-state index in [0.29, 0.717) is 11.3 Å². The summed E-state index contributed by atoms with van der Waals surface area (Å²) in [7, 11) is 0. The minimum atomic E-state index is -0.231. The third-order valence-electron chi connectivity index (χ3n) is 1.42. The molecule has 0 aliphatic rings. The standard InChI is InChI=1S/C9H14FN/c1-5-7(3)9(10)8(4)11-6-2/h5-6H,1-4H3/b7-5-,9-8+,11-6-. The van der Waals surface area contributed by atoms with Gasteiger partial charge >= 0.3 is 0 Å². The van der Waals surface area contributed by atoms with Crippen molar-refractivity contribution in [2.24, 2.45) is 4.99 Å². The molecular weight excluding hydrogens is 141 g/mol. The topological polar surface area (TPSA) is 12.4 Å². The number of aliphatic imine (C=N–C) groups is 1. The molecule has 0 radical (unpaired) electrons. The average Bonchev–Trinajstić information content (AvgIpc) is 2.02. The summed E-state index contributed by atoms with van der Waals surface area (Å²) in [6.45, 7) is 6.95. The predicted molar refractivity (Wildman–Crippen MR) is 47.4 cm³/mol. The van der Waals surface area contributed by atoms with E-state index in [0.717, 1.165) is 0 Å². The Bertz CT molecular complexity index is 212. The van der Waals surface area contributed by atoms with Crippen molar-refractivity contribution in [1.29, 1.82) is 0 Å². The van der Waals surface area contributed by atoms with Crippen LogP contribution in [0.5, 0.6) is 0 Å². The highest BCUT2D eigenvalue weighted by molar-refractivity contribution is 5.55. The van der Waals surface area contributed by atoms with Gasteiger partial charge in [0.05, 0.1) is 5.70 Å². The van der Waals surface area contributed by atoms with Crippen molar-refractivity contribution < 1.29 is 4.39 Å². The Kier molecular flexibility index (Phi) is 4.42. The molecule has 1 nitrogen and oxygen atoms in total. The minimum Gasteiger partial charge on any atom is -0.263 e. The maximum Gasteiger partial charge on any atom is 0.146 e. The molecule has 0 amide bonds. The molecule has 0 unspecified atom stereocenters. The molecule has 0 aromatic carbocycles. The first-order chi connectivity index (χ1) is 5.13. The number of allylic oxidation sites excluding steroid dienone is 4. The summed E-state index contributed by atoms with van der Waals surface area (Å²) >= 11 is 0. The van der Waals surface area contributed by atoms with Crippen LogP contribution < -0.4 is 0 Å². The van der Waals surface area contributed by atoms with Gasteiger partial charge in [0.15, 0.2) is 0 Å². The minimum absolute atomic E-state index is 0.231. The summed E-state index contributed by atoms with van der Waals surface area (Å²) in [6.07, 6.45) is 3.31. The van der Waals surface area contributed by atoms with Crippen LogP contribution in [0.15, 0.2) is 28.2 Å². The second-order valence-electron chi connectivity index (χ2n) is 2.26. The van der Waals surface area contributed by atoms with E-state index in [-0.39, 0.29) is 5.83 Å². The fraction of sp³-hybridized carbons (Fsp3) is 0.444. The van der Waals surface area contributed by atoms with Crippen LogP contribution in [0, 0.1) is 0 Å². The van der Waals surface area contributed by atoms with Gasteiger partial charge in [-0.2, -0.15) is 0 Å². The molecule has 0 heterocycles. The molecule has 0 saturated heterocycles. The molecule has 2 heteroatoms. The molecule has 0 aliphatic heterocycles. The van der Waals surface area contributed by atoms with Crippen LogP contribution in [0.2, 0.25) is 0 Å². The summed E-state index contributed by atoms with van der Waals surface area (Å²) < 4.78 is 13.1. The van der Waals surface area contributed by atoms with Crippen molar-refractivity contribution in [3.05, 3.63) is 23.2 Å². The summed E-state index contributed by atoms with van der Waals surface area (Å²) in [6, 6.07) is 0. The smallest absolute Gasteiger partial charge is 0.146 e. The molecule has 0 saturated carbocycles. The second-order valence-corrected chi connectivity index (χ2v) is 2.26. The number of hydrogen-bond acceptors (Lipinski definition) is 1. The summed E-state index contributed by atoms with van der Waals surface area (Å²) in [5, 5.41) is 0. The van der Waals surface area contributed by atoms with Crippen molar-refractivity contribution in [3.63, 3.8) is 0 Å². The van der Waals surface area contributed by atoms with Gasteiger partial charge in [0.2, 0.25) is 0 Å². The van der Waals surface area contributed by atoms with Gasteiger partial charge in [-0.25, -0.2) is 4.39 Å². The molecule has 0 aromatic rings. The van der Waals surface area contributed by atoms with Crippen LogP contribution in [0.1, 0.15) is 27.7 Å². The van der Waals surface area contributed by atoms with E-state index in [1.165, 1.54) is 0 Å². The zero-order valence-corrected chi connectivity index (χ0v) is 7.48. The molecule has 0 fully saturated rings. The van der Waals surface area contributed by atoms with Gasteiger partial charge in [-0.3, -0.25) is 4.99 Å². The Morgan fingerprint density at radius 2 is 1.82 bits per heavy atom. The largest absolute Gasteiger partial charge is 0.263 e. The molecule has 0 rings (SSSR count). The Morgan fingerprint density at radius 1 is 1.27 bits per heavy atom. The third kappa shape index (κ3) is 3.12. The maximum atomic E-state index is 13.1. The van der Waals surface area contributed by atoms with Crippen LogP contribution in [-0.4, -0.2) is 6.21 Å². The van der Waals surface area contributed by atoms with Gasteiger partial charge in [-0.15, -0.1) is 0 Å². The van der Waals surface area contributed by atoms with Crippen LogP contribution >= 0.6 is 0 Å². The van der Waals surface area contributed by atoms with E-state index >= 15 is 0 Å². The number of hydrogen-bond donors (Lipinski definition) is 0. The van der Waals surface area contributed by atoms with Crippen molar-refractivity contribution in [2.75, 3.05) is 0 Å². The Balaban J connectivity index is 4.66. The summed E-state index contributed by atoms with van der Waals surface area (Å²) in [5.41, 5.74) is 1.07. The second kappa shape index (κ2) is 4.83. The van der Waals surface area contributed by atoms with Crippen LogP contribution in [0.3, 0.4) is 0 Å². The first-order valence-corrected chi connectivity index (χ1v) is 3.61. The Labute approximate surface area is 67.3 Å². The molecule has 0 bridgehead atoms. The lowest BCUT2D eigenvalue weighted by atomic mass is 10.2. The zero-order chi connectivity index (χ0) is 8.85. The van der Waals surface area contributed by atoms with Gasteiger partial charge < -0.3 is 0 Å². The third-order valence-corrected chi connectivity index (χ3v) is 1.42. The van der Waals surface area contributed by atoms with Crippen LogP contribution in [0.4, 0.5) is 4.39 Å². The normalized spacial score (nSPS) is 15.5. The van der Waals surface area contributed by atoms with E-state index in [4.69, 9.17) is 0 Å². The predicted octanol–water partition coefficient (Wildman–Crippen LogP) is 3.24. The highest BCUT2D eigenvalue weighted by Gasteiger charge is 2.00. The molecule has 0 N–H and O–H groups in total.